The molecule has 0 aromatic carbocycles. The van der Waals surface area contributed by atoms with Gasteiger partial charge >= 0.3 is 0 Å². The minimum Gasteiger partial charge on any atom is -0.392 e. The molecule has 0 amide bonds. The zero-order chi connectivity index (χ0) is 19.5. The maximum atomic E-state index is 12.8. The lowest BCUT2D eigenvalue weighted by Gasteiger charge is -2.48. The number of allylic oxidation sites excluding steroid dienone is 1. The third-order valence-electron chi connectivity index (χ3n) is 7.02. The number of hydrogen-bond donors (Lipinski definition) is 1. The van der Waals surface area contributed by atoms with E-state index >= 15 is 0 Å². The van der Waals surface area contributed by atoms with Crippen LogP contribution in [0.1, 0.15) is 66.2 Å². The maximum Gasteiger partial charge on any atom is 0.159 e. The monoisotopic (exact) mass is 364 g/mol. The van der Waals surface area contributed by atoms with Gasteiger partial charge in [-0.1, -0.05) is 39.3 Å². The number of aliphatic hydroxyl groups excluding tert-OH is 1. The number of carbonyl (C=O) groups excluding carboxylic acids is 1. The number of carbonyl (C=O) groups is 1. The van der Waals surface area contributed by atoms with Crippen molar-refractivity contribution in [2.45, 2.75) is 78.4 Å². The van der Waals surface area contributed by atoms with E-state index < -0.39 is 11.5 Å². The Bertz CT molecular complexity index is 566. The van der Waals surface area contributed by atoms with Crippen molar-refractivity contribution in [3.63, 3.8) is 0 Å². The number of hydrogen-bond acceptors (Lipinski definition) is 4. The highest BCUT2D eigenvalue weighted by molar-refractivity contribution is 6.00. The first-order valence-electron chi connectivity index (χ1n) is 9.92. The van der Waals surface area contributed by atoms with Crippen molar-refractivity contribution in [1.29, 1.82) is 0 Å². The highest BCUT2D eigenvalue weighted by Crippen LogP contribution is 2.54. The van der Waals surface area contributed by atoms with Gasteiger partial charge in [0.05, 0.1) is 12.2 Å². The molecular weight excluding hydrogens is 328 g/mol. The molecule has 1 N–H and O–H groups in total. The smallest absolute Gasteiger partial charge is 0.159 e. The van der Waals surface area contributed by atoms with Gasteiger partial charge in [-0.25, -0.2) is 0 Å². The average Bonchev–Trinajstić information content (AvgIpc) is 3.02. The molecule has 2 rings (SSSR count). The second-order valence-electron chi connectivity index (χ2n) is 8.52. The Labute approximate surface area is 158 Å². The fraction of sp³-hybridized carbons (Fsp3) is 0.773. The van der Waals surface area contributed by atoms with Crippen LogP contribution in [-0.4, -0.2) is 37.0 Å². The topological polar surface area (TPSA) is 55.8 Å². The molecule has 0 saturated heterocycles. The van der Waals surface area contributed by atoms with Crippen molar-refractivity contribution >= 4 is 5.78 Å². The zero-order valence-electron chi connectivity index (χ0n) is 17.1. The van der Waals surface area contributed by atoms with Crippen LogP contribution in [0.3, 0.4) is 0 Å². The quantitative estimate of drug-likeness (QED) is 0.486. The van der Waals surface area contributed by atoms with Crippen LogP contribution in [-0.2, 0) is 14.3 Å². The summed E-state index contributed by atoms with van der Waals surface area (Å²) in [6.45, 7) is 12.6. The van der Waals surface area contributed by atoms with E-state index in [-0.39, 0.29) is 24.1 Å². The van der Waals surface area contributed by atoms with E-state index in [9.17, 15) is 9.90 Å². The van der Waals surface area contributed by atoms with Gasteiger partial charge < -0.3 is 14.6 Å². The fourth-order valence-electron chi connectivity index (χ4n) is 4.87. The standard InChI is InChI=1S/C22H36O4/c1-7-18(24)21(4,8-2)13-19(26-14-25-6)22(5)15(3)9-10-16-11-12-17(23)20(16)22/h8,15,18-19,24H,2,7,9-14H2,1,3-6H3/t15-,18+,19-,21-,22-/m1/s1. The molecule has 0 bridgehead atoms. The van der Waals surface area contributed by atoms with Crippen molar-refractivity contribution in [2.75, 3.05) is 13.9 Å². The molecule has 0 aromatic rings. The number of Topliss-reactive ketones (excluding diaryl/α,β-unsaturated/α-hetero) is 1. The SMILES string of the molecule is C=C[C@](C)(C[C@@H](OCOC)[C@]1(C)C2=C(CCC2=O)CC[C@H]1C)[C@@H](O)CC. The molecule has 26 heavy (non-hydrogen) atoms. The molecule has 0 spiro atoms. The summed E-state index contributed by atoms with van der Waals surface area (Å²) in [5, 5.41) is 10.6. The van der Waals surface area contributed by atoms with Gasteiger partial charge in [0.1, 0.15) is 6.79 Å². The summed E-state index contributed by atoms with van der Waals surface area (Å²) < 4.78 is 11.4. The fourth-order valence-corrected chi connectivity index (χ4v) is 4.87. The molecule has 0 aromatic heterocycles. The Kier molecular flexibility index (Phi) is 6.86. The van der Waals surface area contributed by atoms with Crippen LogP contribution >= 0.6 is 0 Å². The lowest BCUT2D eigenvalue weighted by molar-refractivity contribution is -0.142. The molecule has 0 heterocycles. The molecule has 0 aliphatic heterocycles. The van der Waals surface area contributed by atoms with Crippen LogP contribution in [0.15, 0.2) is 23.8 Å². The second-order valence-corrected chi connectivity index (χ2v) is 8.52. The van der Waals surface area contributed by atoms with Crippen LogP contribution in [0.4, 0.5) is 0 Å². The Morgan fingerprint density at radius 3 is 2.69 bits per heavy atom. The summed E-state index contributed by atoms with van der Waals surface area (Å²) in [4.78, 5) is 12.8. The van der Waals surface area contributed by atoms with Gasteiger partial charge in [-0.05, 0) is 38.0 Å². The molecule has 0 unspecified atom stereocenters. The third-order valence-corrected chi connectivity index (χ3v) is 7.02. The molecule has 4 nitrogen and oxygen atoms in total. The first kappa shape index (κ1) is 21.3. The molecule has 2 aliphatic rings. The van der Waals surface area contributed by atoms with Gasteiger partial charge in [-0.3, -0.25) is 4.79 Å². The van der Waals surface area contributed by atoms with E-state index in [0.29, 0.717) is 25.2 Å². The average molecular weight is 365 g/mol. The molecule has 0 saturated carbocycles. The molecule has 148 valence electrons. The number of aliphatic hydroxyl groups is 1. The largest absolute Gasteiger partial charge is 0.392 e. The van der Waals surface area contributed by atoms with Gasteiger partial charge in [0, 0.05) is 29.9 Å². The van der Waals surface area contributed by atoms with Gasteiger partial charge in [0.25, 0.3) is 0 Å². The van der Waals surface area contributed by atoms with Crippen molar-refractivity contribution in [1.82, 2.24) is 0 Å². The van der Waals surface area contributed by atoms with Crippen LogP contribution < -0.4 is 0 Å². The van der Waals surface area contributed by atoms with E-state index in [1.807, 2.05) is 19.9 Å². The van der Waals surface area contributed by atoms with Crippen molar-refractivity contribution in [2.24, 2.45) is 16.7 Å². The molecular formula is C22H36O4. The van der Waals surface area contributed by atoms with Crippen LogP contribution in [0, 0.1) is 16.7 Å². The minimum absolute atomic E-state index is 0.180. The first-order chi connectivity index (χ1) is 12.2. The predicted octanol–water partition coefficient (Wildman–Crippen LogP) is 4.42. The van der Waals surface area contributed by atoms with Gasteiger partial charge in [-0.2, -0.15) is 0 Å². The lowest BCUT2D eigenvalue weighted by atomic mass is 9.59. The van der Waals surface area contributed by atoms with Crippen LogP contribution in [0.25, 0.3) is 0 Å². The Morgan fingerprint density at radius 2 is 2.12 bits per heavy atom. The van der Waals surface area contributed by atoms with E-state index in [1.165, 1.54) is 5.57 Å². The maximum absolute atomic E-state index is 12.8. The Morgan fingerprint density at radius 1 is 1.42 bits per heavy atom. The molecule has 5 atom stereocenters. The number of ketones is 1. The molecule has 0 fully saturated rings. The Balaban J connectivity index is 2.45. The normalized spacial score (nSPS) is 30.7. The summed E-state index contributed by atoms with van der Waals surface area (Å²) in [5.74, 6) is 0.606. The summed E-state index contributed by atoms with van der Waals surface area (Å²) >= 11 is 0. The Hall–Kier alpha value is -0.970. The molecule has 0 radical (unpaired) electrons. The van der Waals surface area contributed by atoms with Crippen molar-refractivity contribution < 1.29 is 19.4 Å². The van der Waals surface area contributed by atoms with Crippen molar-refractivity contribution in [3.8, 4) is 0 Å². The highest BCUT2D eigenvalue weighted by Gasteiger charge is 2.52. The van der Waals surface area contributed by atoms with Gasteiger partial charge in [0.2, 0.25) is 0 Å². The van der Waals surface area contributed by atoms with E-state index in [0.717, 1.165) is 24.8 Å². The molecule has 2 aliphatic carbocycles. The summed E-state index contributed by atoms with van der Waals surface area (Å²) in [5.41, 5.74) is 1.47. The number of rotatable bonds is 9. The van der Waals surface area contributed by atoms with Gasteiger partial charge in [-0.15, -0.1) is 6.58 Å². The highest BCUT2D eigenvalue weighted by atomic mass is 16.7. The van der Waals surface area contributed by atoms with Crippen LogP contribution in [0.2, 0.25) is 0 Å². The van der Waals surface area contributed by atoms with Crippen molar-refractivity contribution in [3.05, 3.63) is 23.8 Å². The predicted molar refractivity (Wildman–Crippen MR) is 104 cm³/mol. The van der Waals surface area contributed by atoms with Crippen LogP contribution in [0.5, 0.6) is 0 Å². The second kappa shape index (κ2) is 8.37. The number of methoxy groups -OCH3 is 1. The molecule has 4 heteroatoms. The third kappa shape index (κ3) is 3.69. The summed E-state index contributed by atoms with van der Waals surface area (Å²) in [7, 11) is 1.61. The van der Waals surface area contributed by atoms with E-state index in [1.54, 1.807) is 7.11 Å². The summed E-state index contributed by atoms with van der Waals surface area (Å²) in [6.07, 6.45) is 6.00. The van der Waals surface area contributed by atoms with Gasteiger partial charge in [0.15, 0.2) is 5.78 Å². The van der Waals surface area contributed by atoms with E-state index in [2.05, 4.69) is 20.4 Å². The lowest BCUT2D eigenvalue weighted by Crippen LogP contribution is -2.48. The van der Waals surface area contributed by atoms with E-state index in [4.69, 9.17) is 9.47 Å². The number of ether oxygens (including phenoxy) is 2. The first-order valence-corrected chi connectivity index (χ1v) is 9.92. The minimum atomic E-state index is -0.496. The zero-order valence-corrected chi connectivity index (χ0v) is 17.1. The summed E-state index contributed by atoms with van der Waals surface area (Å²) in [6, 6.07) is 0.